The van der Waals surface area contributed by atoms with Crippen molar-refractivity contribution in [2.45, 2.75) is 19.3 Å². The molecule has 3 heterocycles. The van der Waals surface area contributed by atoms with Gasteiger partial charge in [0, 0.05) is 52.3 Å². The van der Waals surface area contributed by atoms with Crippen LogP contribution in [0.15, 0.2) is 24.3 Å². The summed E-state index contributed by atoms with van der Waals surface area (Å²) in [5, 5.41) is 0. The Balaban J connectivity index is 1.52. The van der Waals surface area contributed by atoms with Crippen LogP contribution < -0.4 is 9.80 Å². The maximum absolute atomic E-state index is 13.1. The number of hydrogen-bond acceptors (Lipinski definition) is 6. The van der Waals surface area contributed by atoms with Crippen molar-refractivity contribution in [2.24, 2.45) is 0 Å². The molecule has 1 saturated heterocycles. The van der Waals surface area contributed by atoms with Crippen LogP contribution >= 0.6 is 0 Å². The van der Waals surface area contributed by atoms with E-state index in [1.165, 1.54) is 12.1 Å². The maximum Gasteiger partial charge on any atom is 0.227 e. The van der Waals surface area contributed by atoms with Crippen LogP contribution in [0.4, 0.5) is 16.2 Å². The topological polar surface area (TPSA) is 61.8 Å². The molecular formula is C22H28FN5O2. The van der Waals surface area contributed by atoms with Crippen LogP contribution in [0.3, 0.4) is 0 Å². The third-order valence-electron chi connectivity index (χ3n) is 5.65. The quantitative estimate of drug-likeness (QED) is 0.760. The van der Waals surface area contributed by atoms with Crippen LogP contribution in [0, 0.1) is 5.82 Å². The van der Waals surface area contributed by atoms with Crippen molar-refractivity contribution < 1.29 is 13.9 Å². The molecule has 2 aromatic rings. The summed E-state index contributed by atoms with van der Waals surface area (Å²) in [5.41, 5.74) is 2.97. The second-order valence-corrected chi connectivity index (χ2v) is 7.95. The van der Waals surface area contributed by atoms with Crippen LogP contribution in [0.5, 0.6) is 0 Å². The Morgan fingerprint density at radius 2 is 1.77 bits per heavy atom. The third kappa shape index (κ3) is 4.53. The Hall–Kier alpha value is -2.74. The lowest BCUT2D eigenvalue weighted by atomic mass is 10.1. The van der Waals surface area contributed by atoms with Crippen LogP contribution in [-0.2, 0) is 28.8 Å². The summed E-state index contributed by atoms with van der Waals surface area (Å²) in [4.78, 5) is 28.7. The van der Waals surface area contributed by atoms with E-state index in [0.717, 1.165) is 48.1 Å². The SMILES string of the molecule is CN(C)c1nc(N2CCOCC2)nc2c1CCN(C(=O)Cc1ccc(F)cc1)CC2. The maximum atomic E-state index is 13.1. The van der Waals surface area contributed by atoms with E-state index in [-0.39, 0.29) is 18.1 Å². The Kier molecular flexibility index (Phi) is 6.13. The van der Waals surface area contributed by atoms with Crippen LogP contribution in [0.2, 0.25) is 0 Å². The van der Waals surface area contributed by atoms with Crippen LogP contribution in [0.25, 0.3) is 0 Å². The number of benzene rings is 1. The number of carbonyl (C=O) groups is 1. The summed E-state index contributed by atoms with van der Waals surface area (Å²) in [5.74, 6) is 1.44. The van der Waals surface area contributed by atoms with Gasteiger partial charge in [0.1, 0.15) is 11.6 Å². The zero-order valence-electron chi connectivity index (χ0n) is 17.6. The molecule has 4 rings (SSSR count). The molecule has 7 nitrogen and oxygen atoms in total. The molecule has 8 heteroatoms. The predicted octanol–water partition coefficient (Wildman–Crippen LogP) is 1.69. The van der Waals surface area contributed by atoms with Crippen molar-refractivity contribution in [2.75, 3.05) is 63.3 Å². The molecule has 1 fully saturated rings. The molecule has 160 valence electrons. The van der Waals surface area contributed by atoms with E-state index in [9.17, 15) is 9.18 Å². The summed E-state index contributed by atoms with van der Waals surface area (Å²) >= 11 is 0. The minimum atomic E-state index is -0.290. The van der Waals surface area contributed by atoms with E-state index in [1.54, 1.807) is 12.1 Å². The smallest absolute Gasteiger partial charge is 0.227 e. The first kappa shape index (κ1) is 20.5. The van der Waals surface area contributed by atoms with Crippen molar-refractivity contribution in [1.29, 1.82) is 0 Å². The summed E-state index contributed by atoms with van der Waals surface area (Å²) in [7, 11) is 3.99. The first-order chi connectivity index (χ1) is 14.5. The van der Waals surface area contributed by atoms with Crippen molar-refractivity contribution in [3.8, 4) is 0 Å². The number of morpholine rings is 1. The van der Waals surface area contributed by atoms with Gasteiger partial charge in [0.15, 0.2) is 0 Å². The molecule has 2 aliphatic rings. The molecule has 0 radical (unpaired) electrons. The zero-order chi connectivity index (χ0) is 21.1. The van der Waals surface area contributed by atoms with Crippen molar-refractivity contribution in [3.05, 3.63) is 46.9 Å². The van der Waals surface area contributed by atoms with E-state index in [4.69, 9.17) is 14.7 Å². The highest BCUT2D eigenvalue weighted by atomic mass is 19.1. The average molecular weight is 413 g/mol. The number of anilines is 2. The number of carbonyl (C=O) groups excluding carboxylic acids is 1. The predicted molar refractivity (Wildman–Crippen MR) is 113 cm³/mol. The molecular weight excluding hydrogens is 385 g/mol. The Morgan fingerprint density at radius 1 is 1.07 bits per heavy atom. The van der Waals surface area contributed by atoms with Gasteiger partial charge >= 0.3 is 0 Å². The summed E-state index contributed by atoms with van der Waals surface area (Å²) in [6.07, 6.45) is 1.70. The fraction of sp³-hybridized carbons (Fsp3) is 0.500. The van der Waals surface area contributed by atoms with Crippen LogP contribution in [-0.4, -0.2) is 74.3 Å². The lowest BCUT2D eigenvalue weighted by molar-refractivity contribution is -0.130. The number of aromatic nitrogens is 2. The highest BCUT2D eigenvalue weighted by molar-refractivity contribution is 5.79. The third-order valence-corrected chi connectivity index (χ3v) is 5.65. The minimum absolute atomic E-state index is 0.0576. The van der Waals surface area contributed by atoms with Gasteiger partial charge in [-0.3, -0.25) is 4.79 Å². The molecule has 0 bridgehead atoms. The second-order valence-electron chi connectivity index (χ2n) is 7.95. The number of rotatable bonds is 4. The van der Waals surface area contributed by atoms with Gasteiger partial charge in [-0.1, -0.05) is 12.1 Å². The summed E-state index contributed by atoms with van der Waals surface area (Å²) < 4.78 is 18.6. The van der Waals surface area contributed by atoms with Gasteiger partial charge in [0.05, 0.1) is 25.3 Å². The number of halogens is 1. The summed E-state index contributed by atoms with van der Waals surface area (Å²) in [6, 6.07) is 6.13. The first-order valence-electron chi connectivity index (χ1n) is 10.4. The van der Waals surface area contributed by atoms with E-state index in [1.807, 2.05) is 23.9 Å². The molecule has 1 aromatic carbocycles. The van der Waals surface area contributed by atoms with Gasteiger partial charge in [0.25, 0.3) is 0 Å². The Bertz CT molecular complexity index is 897. The minimum Gasteiger partial charge on any atom is -0.378 e. The number of ether oxygens (including phenoxy) is 1. The lowest BCUT2D eigenvalue weighted by Gasteiger charge is -2.28. The molecule has 0 atom stereocenters. The van der Waals surface area contributed by atoms with Crippen molar-refractivity contribution in [1.82, 2.24) is 14.9 Å². The molecule has 0 aliphatic carbocycles. The van der Waals surface area contributed by atoms with E-state index < -0.39 is 0 Å². The second kappa shape index (κ2) is 8.95. The Morgan fingerprint density at radius 3 is 2.47 bits per heavy atom. The molecule has 0 saturated carbocycles. The number of amides is 1. The molecule has 30 heavy (non-hydrogen) atoms. The first-order valence-corrected chi connectivity index (χ1v) is 10.4. The normalized spacial score (nSPS) is 16.8. The van der Waals surface area contributed by atoms with Gasteiger partial charge in [0.2, 0.25) is 11.9 Å². The lowest BCUT2D eigenvalue weighted by Crippen LogP contribution is -2.38. The summed E-state index contributed by atoms with van der Waals surface area (Å²) in [6.45, 7) is 4.20. The fourth-order valence-corrected chi connectivity index (χ4v) is 3.98. The van der Waals surface area contributed by atoms with Gasteiger partial charge < -0.3 is 19.4 Å². The van der Waals surface area contributed by atoms with Gasteiger partial charge in [-0.05, 0) is 24.1 Å². The monoisotopic (exact) mass is 413 g/mol. The molecule has 0 unspecified atom stereocenters. The van der Waals surface area contributed by atoms with Gasteiger partial charge in [-0.2, -0.15) is 4.98 Å². The molecule has 0 spiro atoms. The number of fused-ring (bicyclic) bond motifs is 1. The number of hydrogen-bond donors (Lipinski definition) is 0. The highest BCUT2D eigenvalue weighted by Crippen LogP contribution is 2.26. The molecule has 0 N–H and O–H groups in total. The zero-order valence-corrected chi connectivity index (χ0v) is 17.6. The average Bonchev–Trinajstić information content (AvgIpc) is 2.98. The standard InChI is InChI=1S/C22H28FN5O2/c1-26(2)21-18-7-9-27(20(29)15-16-3-5-17(23)6-4-16)10-8-19(18)24-22(25-21)28-11-13-30-14-12-28/h3-6H,7-15H2,1-2H3. The van der Waals surface area contributed by atoms with Crippen molar-refractivity contribution in [3.63, 3.8) is 0 Å². The van der Waals surface area contributed by atoms with Crippen LogP contribution in [0.1, 0.15) is 16.8 Å². The van der Waals surface area contributed by atoms with E-state index in [0.29, 0.717) is 32.7 Å². The highest BCUT2D eigenvalue weighted by Gasteiger charge is 2.25. The Labute approximate surface area is 176 Å². The molecule has 1 amide bonds. The van der Waals surface area contributed by atoms with Gasteiger partial charge in [-0.25, -0.2) is 9.37 Å². The van der Waals surface area contributed by atoms with E-state index in [2.05, 4.69) is 4.90 Å². The van der Waals surface area contributed by atoms with E-state index >= 15 is 0 Å². The molecule has 1 aromatic heterocycles. The van der Waals surface area contributed by atoms with Gasteiger partial charge in [-0.15, -0.1) is 0 Å². The molecule has 2 aliphatic heterocycles. The number of nitrogens with zero attached hydrogens (tertiary/aromatic N) is 5. The fourth-order valence-electron chi connectivity index (χ4n) is 3.98. The van der Waals surface area contributed by atoms with Crippen molar-refractivity contribution >= 4 is 17.7 Å². The largest absolute Gasteiger partial charge is 0.378 e.